The molecule has 162 valence electrons. The molecule has 0 unspecified atom stereocenters. The fourth-order valence-electron chi connectivity index (χ4n) is 2.86. The van der Waals surface area contributed by atoms with Gasteiger partial charge in [-0.25, -0.2) is 10.3 Å². The Morgan fingerprint density at radius 3 is 2.39 bits per heavy atom. The maximum atomic E-state index is 13.0. The Balaban J connectivity index is 1.82. The van der Waals surface area contributed by atoms with Crippen molar-refractivity contribution in [2.24, 2.45) is 0 Å². The number of benzene rings is 2. The van der Waals surface area contributed by atoms with Crippen molar-refractivity contribution in [1.29, 1.82) is 0 Å². The van der Waals surface area contributed by atoms with Crippen molar-refractivity contribution in [3.63, 3.8) is 0 Å². The van der Waals surface area contributed by atoms with Gasteiger partial charge in [0, 0.05) is 10.4 Å². The van der Waals surface area contributed by atoms with Crippen LogP contribution in [0.2, 0.25) is 0 Å². The molecule has 0 spiro atoms. The first-order chi connectivity index (χ1) is 14.7. The van der Waals surface area contributed by atoms with E-state index in [2.05, 4.69) is 10.6 Å². The Morgan fingerprint density at radius 1 is 1.03 bits per heavy atom. The number of hydroxylamine groups is 1. The molecule has 3 rings (SSSR count). The van der Waals surface area contributed by atoms with Crippen LogP contribution in [0.15, 0.2) is 54.6 Å². The minimum Gasteiger partial charge on any atom is -0.444 e. The average molecular weight is 442 g/mol. The first-order valence-electron chi connectivity index (χ1n) is 9.49. The Labute approximate surface area is 183 Å². The smallest absolute Gasteiger partial charge is 0.408 e. The van der Waals surface area contributed by atoms with E-state index in [4.69, 9.17) is 9.94 Å². The summed E-state index contributed by atoms with van der Waals surface area (Å²) in [7, 11) is 0. The molecule has 31 heavy (non-hydrogen) atoms. The van der Waals surface area contributed by atoms with Crippen LogP contribution in [0.5, 0.6) is 0 Å². The Kier molecular flexibility index (Phi) is 6.57. The highest BCUT2D eigenvalue weighted by Gasteiger charge is 2.26. The number of hydrogen-bond acceptors (Lipinski definition) is 6. The summed E-state index contributed by atoms with van der Waals surface area (Å²) in [6.07, 6.45) is -0.704. The van der Waals surface area contributed by atoms with Gasteiger partial charge in [-0.3, -0.25) is 14.8 Å². The van der Waals surface area contributed by atoms with Crippen molar-refractivity contribution in [1.82, 2.24) is 10.8 Å². The van der Waals surface area contributed by atoms with E-state index in [1.807, 2.05) is 6.07 Å². The number of fused-ring (bicyclic) bond motifs is 1. The number of nitrogens with one attached hydrogen (secondary N) is 3. The van der Waals surface area contributed by atoms with Crippen LogP contribution >= 0.6 is 11.3 Å². The number of amides is 3. The topological polar surface area (TPSA) is 117 Å². The summed E-state index contributed by atoms with van der Waals surface area (Å²) in [6.45, 7) is 5.23. The van der Waals surface area contributed by atoms with Gasteiger partial charge in [-0.05, 0) is 49.9 Å². The molecule has 0 radical (unpaired) electrons. The summed E-state index contributed by atoms with van der Waals surface area (Å²) in [5.74, 6) is -1.04. The third kappa shape index (κ3) is 5.80. The highest BCUT2D eigenvalue weighted by atomic mass is 32.1. The summed E-state index contributed by atoms with van der Waals surface area (Å²) in [5.41, 5.74) is 2.01. The number of carbonyl (C=O) groups is 3. The molecule has 3 aromatic rings. The zero-order valence-corrected chi connectivity index (χ0v) is 18.1. The van der Waals surface area contributed by atoms with Crippen LogP contribution in [0.25, 0.3) is 10.1 Å². The molecule has 1 aromatic heterocycles. The van der Waals surface area contributed by atoms with Crippen LogP contribution in [0.3, 0.4) is 0 Å². The van der Waals surface area contributed by atoms with Gasteiger partial charge >= 0.3 is 6.09 Å². The van der Waals surface area contributed by atoms with Crippen LogP contribution in [-0.2, 0) is 9.53 Å². The Morgan fingerprint density at radius 2 is 1.74 bits per heavy atom. The van der Waals surface area contributed by atoms with E-state index in [-0.39, 0.29) is 0 Å². The van der Waals surface area contributed by atoms with Gasteiger partial charge in [-0.15, -0.1) is 11.3 Å². The van der Waals surface area contributed by atoms with Crippen molar-refractivity contribution >= 4 is 45.0 Å². The van der Waals surface area contributed by atoms with Crippen molar-refractivity contribution < 1.29 is 24.3 Å². The molecular formula is C22H23N3O5S. The number of thiophene rings is 1. The van der Waals surface area contributed by atoms with E-state index in [1.165, 1.54) is 11.3 Å². The van der Waals surface area contributed by atoms with E-state index >= 15 is 0 Å². The Hall–Kier alpha value is -3.43. The number of carbonyl (C=O) groups excluding carboxylic acids is 3. The summed E-state index contributed by atoms with van der Waals surface area (Å²) in [5, 5.41) is 15.0. The van der Waals surface area contributed by atoms with Crippen LogP contribution in [0, 0.1) is 0 Å². The van der Waals surface area contributed by atoms with Crippen molar-refractivity contribution in [2.45, 2.75) is 32.4 Å². The van der Waals surface area contributed by atoms with E-state index in [9.17, 15) is 14.4 Å². The molecule has 0 aliphatic carbocycles. The summed E-state index contributed by atoms with van der Waals surface area (Å²) >= 11 is 1.18. The third-order valence-corrected chi connectivity index (χ3v) is 5.27. The molecule has 4 N–H and O–H groups in total. The molecule has 0 fully saturated rings. The lowest BCUT2D eigenvalue weighted by Crippen LogP contribution is -2.40. The summed E-state index contributed by atoms with van der Waals surface area (Å²) in [6, 6.07) is 14.7. The van der Waals surface area contributed by atoms with Gasteiger partial charge < -0.3 is 15.4 Å². The lowest BCUT2D eigenvalue weighted by atomic mass is 10.1. The molecule has 8 nitrogen and oxygen atoms in total. The Bertz CT molecular complexity index is 1110. The van der Waals surface area contributed by atoms with E-state index in [0.717, 1.165) is 10.1 Å². The monoisotopic (exact) mass is 441 g/mol. The van der Waals surface area contributed by atoms with E-state index in [1.54, 1.807) is 74.8 Å². The second kappa shape index (κ2) is 9.15. The number of rotatable bonds is 5. The standard InChI is InChI=1S/C22H23N3O5S/c1-22(2,3)30-21(28)24-18(13-7-5-4-6-8-13)20(27)23-15-10-9-14-11-17(19(26)25-29)31-16(14)12-15/h4-12,18,29H,1-3H3,(H,23,27)(H,24,28)(H,25,26)/t18-/m1/s1. The number of alkyl carbamates (subject to hydrolysis) is 1. The van der Waals surface area contributed by atoms with Crippen LogP contribution < -0.4 is 16.1 Å². The SMILES string of the molecule is CC(C)(C)OC(=O)N[C@@H](C(=O)Nc1ccc2cc(C(=O)NO)sc2c1)c1ccccc1. The normalized spacial score (nSPS) is 12.1. The second-order valence-corrected chi connectivity index (χ2v) is 8.87. The zero-order valence-electron chi connectivity index (χ0n) is 17.3. The molecule has 1 atom stereocenters. The fourth-order valence-corrected chi connectivity index (χ4v) is 3.85. The molecule has 2 aromatic carbocycles. The maximum Gasteiger partial charge on any atom is 0.408 e. The second-order valence-electron chi connectivity index (χ2n) is 7.78. The number of anilines is 1. The lowest BCUT2D eigenvalue weighted by molar-refractivity contribution is -0.118. The molecule has 0 aliphatic heterocycles. The van der Waals surface area contributed by atoms with Gasteiger partial charge in [0.15, 0.2) is 0 Å². The number of ether oxygens (including phenoxy) is 1. The van der Waals surface area contributed by atoms with Gasteiger partial charge in [-0.2, -0.15) is 0 Å². The third-order valence-electron chi connectivity index (χ3n) is 4.17. The van der Waals surface area contributed by atoms with Gasteiger partial charge in [0.1, 0.15) is 11.6 Å². The fraction of sp³-hybridized carbons (Fsp3) is 0.227. The molecule has 0 saturated carbocycles. The highest BCUT2D eigenvalue weighted by Crippen LogP contribution is 2.29. The molecule has 0 aliphatic rings. The molecule has 0 saturated heterocycles. The maximum absolute atomic E-state index is 13.0. The van der Waals surface area contributed by atoms with E-state index < -0.39 is 29.6 Å². The predicted octanol–water partition coefficient (Wildman–Crippen LogP) is 4.22. The lowest BCUT2D eigenvalue weighted by Gasteiger charge is -2.23. The number of hydrogen-bond donors (Lipinski definition) is 4. The van der Waals surface area contributed by atoms with Crippen LogP contribution in [0.1, 0.15) is 42.0 Å². The van der Waals surface area contributed by atoms with Gasteiger partial charge in [-0.1, -0.05) is 36.4 Å². The van der Waals surface area contributed by atoms with Gasteiger partial charge in [0.2, 0.25) is 0 Å². The van der Waals surface area contributed by atoms with Crippen molar-refractivity contribution in [3.05, 3.63) is 65.0 Å². The van der Waals surface area contributed by atoms with Gasteiger partial charge in [0.05, 0.1) is 4.88 Å². The quantitative estimate of drug-likeness (QED) is 0.349. The van der Waals surface area contributed by atoms with E-state index in [0.29, 0.717) is 16.1 Å². The molecule has 3 amide bonds. The highest BCUT2D eigenvalue weighted by molar-refractivity contribution is 7.20. The minimum atomic E-state index is -0.967. The summed E-state index contributed by atoms with van der Waals surface area (Å²) in [4.78, 5) is 37.3. The summed E-state index contributed by atoms with van der Waals surface area (Å²) < 4.78 is 6.05. The first-order valence-corrected chi connectivity index (χ1v) is 10.3. The van der Waals surface area contributed by atoms with Crippen molar-refractivity contribution in [2.75, 3.05) is 5.32 Å². The van der Waals surface area contributed by atoms with Gasteiger partial charge in [0.25, 0.3) is 11.8 Å². The average Bonchev–Trinajstić information content (AvgIpc) is 3.14. The first kappa shape index (κ1) is 22.3. The molecular weight excluding hydrogens is 418 g/mol. The largest absolute Gasteiger partial charge is 0.444 e. The van der Waals surface area contributed by atoms with Crippen LogP contribution in [0.4, 0.5) is 10.5 Å². The minimum absolute atomic E-state index is 0.342. The molecule has 0 bridgehead atoms. The zero-order chi connectivity index (χ0) is 22.6. The van der Waals surface area contributed by atoms with Crippen LogP contribution in [-0.4, -0.2) is 28.7 Å². The predicted molar refractivity (Wildman–Crippen MR) is 118 cm³/mol. The molecule has 1 heterocycles. The molecule has 9 heteroatoms. The van der Waals surface area contributed by atoms with Crippen molar-refractivity contribution in [3.8, 4) is 0 Å².